The van der Waals surface area contributed by atoms with Crippen LogP contribution in [0.1, 0.15) is 26.7 Å². The fourth-order valence-corrected chi connectivity index (χ4v) is 2.51. The van der Waals surface area contributed by atoms with Crippen molar-refractivity contribution < 1.29 is 19.6 Å². The Morgan fingerprint density at radius 2 is 2.09 bits per heavy atom. The Balaban J connectivity index is 2.73. The third kappa shape index (κ3) is 4.99. The van der Waals surface area contributed by atoms with Gasteiger partial charge < -0.3 is 10.4 Å². The quantitative estimate of drug-likeness (QED) is 0.424. The summed E-state index contributed by atoms with van der Waals surface area (Å²) in [6, 6.07) is 1.85. The standard InChI is InChI=1S/C13H17N3O5S/c1-3-9(13(18)19)15-12(17)10(4-2)22-11-6-5-8(7-14-11)16(20)21/h5-7,9-10H,3-4H2,1-2H3,(H,15,17)(H,18,19). The van der Waals surface area contributed by atoms with E-state index in [9.17, 15) is 19.7 Å². The third-order valence-corrected chi connectivity index (χ3v) is 4.20. The molecule has 0 aromatic carbocycles. The van der Waals surface area contributed by atoms with E-state index in [1.165, 1.54) is 12.1 Å². The van der Waals surface area contributed by atoms with E-state index in [1.807, 2.05) is 0 Å². The van der Waals surface area contributed by atoms with Crippen molar-refractivity contribution in [3.63, 3.8) is 0 Å². The van der Waals surface area contributed by atoms with Crippen LogP contribution in [0.3, 0.4) is 0 Å². The predicted molar refractivity (Wildman–Crippen MR) is 80.7 cm³/mol. The van der Waals surface area contributed by atoms with Crippen molar-refractivity contribution in [3.8, 4) is 0 Å². The molecule has 2 atom stereocenters. The summed E-state index contributed by atoms with van der Waals surface area (Å²) in [5.41, 5.74) is -0.126. The number of rotatable bonds is 8. The number of carbonyl (C=O) groups is 2. The van der Waals surface area contributed by atoms with E-state index < -0.39 is 22.2 Å². The zero-order valence-corrected chi connectivity index (χ0v) is 13.0. The first kappa shape index (κ1) is 17.9. The molecule has 1 amide bonds. The Bertz CT molecular complexity index is 549. The van der Waals surface area contributed by atoms with Gasteiger partial charge >= 0.3 is 5.97 Å². The molecule has 0 aliphatic carbocycles. The lowest BCUT2D eigenvalue weighted by atomic mass is 10.2. The summed E-state index contributed by atoms with van der Waals surface area (Å²) < 4.78 is 0. The van der Waals surface area contributed by atoms with Crippen molar-refractivity contribution in [1.29, 1.82) is 0 Å². The van der Waals surface area contributed by atoms with E-state index in [0.29, 0.717) is 11.4 Å². The molecule has 0 fully saturated rings. The summed E-state index contributed by atoms with van der Waals surface area (Å²) in [5, 5.41) is 21.9. The van der Waals surface area contributed by atoms with Gasteiger partial charge in [0.15, 0.2) is 0 Å². The molecule has 1 aromatic rings. The van der Waals surface area contributed by atoms with Crippen LogP contribution in [0.2, 0.25) is 0 Å². The molecule has 1 aromatic heterocycles. The van der Waals surface area contributed by atoms with Crippen LogP contribution in [0.25, 0.3) is 0 Å². The van der Waals surface area contributed by atoms with Crippen LogP contribution in [0.15, 0.2) is 23.4 Å². The van der Waals surface area contributed by atoms with Gasteiger partial charge in [0, 0.05) is 6.07 Å². The minimum Gasteiger partial charge on any atom is -0.480 e. The monoisotopic (exact) mass is 327 g/mol. The first-order valence-electron chi connectivity index (χ1n) is 6.69. The molecule has 0 saturated heterocycles. The number of nitro groups is 1. The lowest BCUT2D eigenvalue weighted by Gasteiger charge is -2.17. The van der Waals surface area contributed by atoms with Gasteiger partial charge in [-0.15, -0.1) is 0 Å². The highest BCUT2D eigenvalue weighted by molar-refractivity contribution is 8.00. The molecular formula is C13H17N3O5S. The van der Waals surface area contributed by atoms with Gasteiger partial charge in [-0.3, -0.25) is 14.9 Å². The normalized spacial score (nSPS) is 13.2. The van der Waals surface area contributed by atoms with Crippen molar-refractivity contribution in [1.82, 2.24) is 10.3 Å². The van der Waals surface area contributed by atoms with Crippen LogP contribution >= 0.6 is 11.8 Å². The average molecular weight is 327 g/mol. The summed E-state index contributed by atoms with van der Waals surface area (Å²) in [6.07, 6.45) is 1.89. The Kier molecular flexibility index (Phi) is 6.77. The number of hydrogen-bond donors (Lipinski definition) is 2. The number of carboxylic acid groups (broad SMARTS) is 1. The molecule has 2 N–H and O–H groups in total. The van der Waals surface area contributed by atoms with Gasteiger partial charge in [0.2, 0.25) is 5.91 Å². The number of pyridine rings is 1. The second kappa shape index (κ2) is 8.32. The third-order valence-electron chi connectivity index (χ3n) is 2.88. The highest BCUT2D eigenvalue weighted by Crippen LogP contribution is 2.25. The fraction of sp³-hybridized carbons (Fsp3) is 0.462. The highest BCUT2D eigenvalue weighted by atomic mass is 32.2. The van der Waals surface area contributed by atoms with Crippen LogP contribution in [0.4, 0.5) is 5.69 Å². The van der Waals surface area contributed by atoms with Gasteiger partial charge in [-0.1, -0.05) is 25.6 Å². The number of aliphatic carboxylic acids is 1. The minimum atomic E-state index is -1.08. The average Bonchev–Trinajstić information content (AvgIpc) is 2.50. The second-order valence-electron chi connectivity index (χ2n) is 4.43. The zero-order chi connectivity index (χ0) is 16.7. The Morgan fingerprint density at radius 3 is 2.50 bits per heavy atom. The number of hydrogen-bond acceptors (Lipinski definition) is 6. The maximum absolute atomic E-state index is 12.1. The zero-order valence-electron chi connectivity index (χ0n) is 12.2. The van der Waals surface area contributed by atoms with Gasteiger partial charge in [-0.2, -0.15) is 0 Å². The van der Waals surface area contributed by atoms with E-state index in [1.54, 1.807) is 13.8 Å². The molecule has 120 valence electrons. The Morgan fingerprint density at radius 1 is 1.41 bits per heavy atom. The minimum absolute atomic E-state index is 0.126. The highest BCUT2D eigenvalue weighted by Gasteiger charge is 2.24. The van der Waals surface area contributed by atoms with Crippen LogP contribution in [-0.2, 0) is 9.59 Å². The smallest absolute Gasteiger partial charge is 0.326 e. The van der Waals surface area contributed by atoms with E-state index in [4.69, 9.17) is 5.11 Å². The molecule has 0 radical (unpaired) electrons. The Labute approximate surface area is 131 Å². The first-order chi connectivity index (χ1) is 10.4. The molecular weight excluding hydrogens is 310 g/mol. The predicted octanol–water partition coefficient (Wildman–Crippen LogP) is 1.84. The molecule has 0 spiro atoms. The largest absolute Gasteiger partial charge is 0.480 e. The number of carboxylic acids is 1. The van der Waals surface area contributed by atoms with Crippen LogP contribution in [0.5, 0.6) is 0 Å². The molecule has 22 heavy (non-hydrogen) atoms. The molecule has 0 aliphatic rings. The SMILES string of the molecule is CCC(NC(=O)C(CC)Sc1ccc([N+](=O)[O-])cn1)C(=O)O. The molecule has 0 bridgehead atoms. The van der Waals surface area contributed by atoms with Gasteiger partial charge in [0.05, 0.1) is 15.2 Å². The molecule has 0 saturated carbocycles. The van der Waals surface area contributed by atoms with Gasteiger partial charge in [0.1, 0.15) is 12.2 Å². The van der Waals surface area contributed by atoms with Crippen molar-refractivity contribution in [2.45, 2.75) is 43.0 Å². The molecule has 0 aliphatic heterocycles. The molecule has 9 heteroatoms. The number of nitrogens with zero attached hydrogens (tertiary/aromatic N) is 2. The van der Waals surface area contributed by atoms with E-state index in [2.05, 4.69) is 10.3 Å². The summed E-state index contributed by atoms with van der Waals surface area (Å²) >= 11 is 1.14. The number of nitrogens with one attached hydrogen (secondary N) is 1. The number of thioether (sulfide) groups is 1. The summed E-state index contributed by atoms with van der Waals surface area (Å²) in [6.45, 7) is 3.47. The fourth-order valence-electron chi connectivity index (χ4n) is 1.62. The lowest BCUT2D eigenvalue weighted by molar-refractivity contribution is -0.385. The van der Waals surface area contributed by atoms with Gasteiger partial charge in [-0.05, 0) is 18.9 Å². The molecule has 1 heterocycles. The van der Waals surface area contributed by atoms with Crippen molar-refractivity contribution >= 4 is 29.3 Å². The first-order valence-corrected chi connectivity index (χ1v) is 7.57. The van der Waals surface area contributed by atoms with Crippen molar-refractivity contribution in [2.24, 2.45) is 0 Å². The van der Waals surface area contributed by atoms with Gasteiger partial charge in [0.25, 0.3) is 5.69 Å². The Hall–Kier alpha value is -2.16. The summed E-state index contributed by atoms with van der Waals surface area (Å²) in [7, 11) is 0. The van der Waals surface area contributed by atoms with Crippen molar-refractivity contribution in [2.75, 3.05) is 0 Å². The van der Waals surface area contributed by atoms with E-state index in [0.717, 1.165) is 18.0 Å². The number of carbonyl (C=O) groups excluding carboxylic acids is 1. The second-order valence-corrected chi connectivity index (χ2v) is 5.66. The van der Waals surface area contributed by atoms with Gasteiger partial charge in [-0.25, -0.2) is 9.78 Å². The lowest BCUT2D eigenvalue weighted by Crippen LogP contribution is -2.44. The maximum atomic E-state index is 12.1. The van der Waals surface area contributed by atoms with Crippen LogP contribution in [0, 0.1) is 10.1 Å². The topological polar surface area (TPSA) is 122 Å². The van der Waals surface area contributed by atoms with Crippen LogP contribution < -0.4 is 5.32 Å². The van der Waals surface area contributed by atoms with Crippen LogP contribution in [-0.4, -0.2) is 38.2 Å². The summed E-state index contributed by atoms with van der Waals surface area (Å²) in [4.78, 5) is 37.0. The van der Waals surface area contributed by atoms with E-state index in [-0.39, 0.29) is 18.0 Å². The molecule has 2 unspecified atom stereocenters. The van der Waals surface area contributed by atoms with Crippen molar-refractivity contribution in [3.05, 3.63) is 28.4 Å². The summed E-state index contributed by atoms with van der Waals surface area (Å²) in [5.74, 6) is -1.47. The number of aromatic nitrogens is 1. The maximum Gasteiger partial charge on any atom is 0.326 e. The number of amides is 1. The molecule has 1 rings (SSSR count). The van der Waals surface area contributed by atoms with E-state index >= 15 is 0 Å². The molecule has 8 nitrogen and oxygen atoms in total.